The number of alkyl halides is 2. The highest BCUT2D eigenvalue weighted by Crippen LogP contribution is 2.23. The van der Waals surface area contributed by atoms with Crippen molar-refractivity contribution in [2.45, 2.75) is 19.1 Å². The number of fused-ring (bicyclic) bond motifs is 1. The molecule has 0 amide bonds. The van der Waals surface area contributed by atoms with E-state index in [1.54, 1.807) is 0 Å². The Kier molecular flexibility index (Phi) is 5.04. The summed E-state index contributed by atoms with van der Waals surface area (Å²) >= 11 is 0. The van der Waals surface area contributed by atoms with Gasteiger partial charge < -0.3 is 14.8 Å². The van der Waals surface area contributed by atoms with Gasteiger partial charge in [0.1, 0.15) is 6.61 Å². The van der Waals surface area contributed by atoms with Crippen molar-refractivity contribution in [3.8, 4) is 0 Å². The smallest absolute Gasteiger partial charge is 0.261 e. The fraction of sp³-hybridized carbons (Fsp3) is 0.538. The van der Waals surface area contributed by atoms with Gasteiger partial charge in [-0.1, -0.05) is 24.3 Å². The summed E-state index contributed by atoms with van der Waals surface area (Å²) in [5, 5.41) is 3.26. The minimum Gasteiger partial charge on any atom is -0.375 e. The molecule has 0 saturated heterocycles. The van der Waals surface area contributed by atoms with Crippen LogP contribution in [0.2, 0.25) is 0 Å². The first kappa shape index (κ1) is 13.4. The van der Waals surface area contributed by atoms with Gasteiger partial charge in [0.15, 0.2) is 0 Å². The molecule has 0 fully saturated rings. The van der Waals surface area contributed by atoms with Gasteiger partial charge in [0.2, 0.25) is 0 Å². The maximum Gasteiger partial charge on any atom is 0.261 e. The van der Waals surface area contributed by atoms with Gasteiger partial charge in [-0.2, -0.15) is 0 Å². The Hall–Kier alpha value is -1.04. The first-order valence-electron chi connectivity index (χ1n) is 6.02. The van der Waals surface area contributed by atoms with Crippen molar-refractivity contribution in [2.24, 2.45) is 0 Å². The summed E-state index contributed by atoms with van der Waals surface area (Å²) in [4.78, 5) is 0. The minimum absolute atomic E-state index is 0.116. The normalized spacial score (nSPS) is 18.9. The molecule has 0 bridgehead atoms. The van der Waals surface area contributed by atoms with Crippen LogP contribution < -0.4 is 5.32 Å². The Morgan fingerprint density at radius 2 is 2.22 bits per heavy atom. The molecule has 0 spiro atoms. The highest BCUT2D eigenvalue weighted by molar-refractivity contribution is 5.30. The van der Waals surface area contributed by atoms with Gasteiger partial charge in [0.05, 0.1) is 25.9 Å². The SMILES string of the molecule is FC(F)COCCNC1COCc2ccccc21. The molecular formula is C13H17F2NO2. The topological polar surface area (TPSA) is 30.5 Å². The minimum atomic E-state index is -2.40. The van der Waals surface area contributed by atoms with Gasteiger partial charge >= 0.3 is 0 Å². The van der Waals surface area contributed by atoms with E-state index in [1.807, 2.05) is 18.2 Å². The molecule has 1 unspecified atom stereocenters. The molecule has 0 aliphatic carbocycles. The Labute approximate surface area is 105 Å². The average molecular weight is 257 g/mol. The predicted molar refractivity (Wildman–Crippen MR) is 63.7 cm³/mol. The van der Waals surface area contributed by atoms with Crippen molar-refractivity contribution in [2.75, 3.05) is 26.4 Å². The van der Waals surface area contributed by atoms with E-state index in [0.717, 1.165) is 0 Å². The lowest BCUT2D eigenvalue weighted by Gasteiger charge is -2.26. The van der Waals surface area contributed by atoms with Gasteiger partial charge in [-0.05, 0) is 11.1 Å². The Balaban J connectivity index is 1.77. The van der Waals surface area contributed by atoms with Crippen LogP contribution in [0.3, 0.4) is 0 Å². The molecular weight excluding hydrogens is 240 g/mol. The van der Waals surface area contributed by atoms with Crippen molar-refractivity contribution < 1.29 is 18.3 Å². The van der Waals surface area contributed by atoms with Crippen molar-refractivity contribution >= 4 is 0 Å². The number of nitrogens with one attached hydrogen (secondary N) is 1. The maximum atomic E-state index is 11.8. The van der Waals surface area contributed by atoms with Crippen LogP contribution in [0.1, 0.15) is 17.2 Å². The van der Waals surface area contributed by atoms with Crippen LogP contribution in [-0.4, -0.2) is 32.8 Å². The molecule has 1 atom stereocenters. The predicted octanol–water partition coefficient (Wildman–Crippen LogP) is 2.13. The number of rotatable bonds is 6. The molecule has 1 aromatic carbocycles. The van der Waals surface area contributed by atoms with Crippen LogP contribution in [0.4, 0.5) is 8.78 Å². The first-order chi connectivity index (χ1) is 8.77. The molecule has 2 rings (SSSR count). The summed E-state index contributed by atoms with van der Waals surface area (Å²) < 4.78 is 34.0. The molecule has 18 heavy (non-hydrogen) atoms. The maximum absolute atomic E-state index is 11.8. The molecule has 1 aromatic rings. The summed E-state index contributed by atoms with van der Waals surface area (Å²) in [5.74, 6) is 0. The molecule has 0 saturated carbocycles. The summed E-state index contributed by atoms with van der Waals surface area (Å²) in [6, 6.07) is 8.19. The number of hydrogen-bond donors (Lipinski definition) is 1. The molecule has 0 radical (unpaired) electrons. The molecule has 1 N–H and O–H groups in total. The molecule has 1 aliphatic rings. The Bertz CT molecular complexity index is 374. The van der Waals surface area contributed by atoms with E-state index in [-0.39, 0.29) is 12.6 Å². The number of ether oxygens (including phenoxy) is 2. The van der Waals surface area contributed by atoms with E-state index in [4.69, 9.17) is 9.47 Å². The monoisotopic (exact) mass is 257 g/mol. The van der Waals surface area contributed by atoms with Crippen LogP contribution in [0.15, 0.2) is 24.3 Å². The molecule has 3 nitrogen and oxygen atoms in total. The van der Waals surface area contributed by atoms with Gasteiger partial charge in [-0.25, -0.2) is 8.78 Å². The van der Waals surface area contributed by atoms with Crippen LogP contribution in [-0.2, 0) is 16.1 Å². The third-order valence-corrected chi connectivity index (χ3v) is 2.85. The average Bonchev–Trinajstić information content (AvgIpc) is 2.38. The fourth-order valence-corrected chi connectivity index (χ4v) is 2.03. The molecule has 1 aliphatic heterocycles. The van der Waals surface area contributed by atoms with Crippen LogP contribution >= 0.6 is 0 Å². The van der Waals surface area contributed by atoms with Crippen LogP contribution in [0, 0.1) is 0 Å². The lowest BCUT2D eigenvalue weighted by molar-refractivity contribution is 0.0161. The first-order valence-corrected chi connectivity index (χ1v) is 6.02. The zero-order valence-corrected chi connectivity index (χ0v) is 10.1. The van der Waals surface area contributed by atoms with E-state index < -0.39 is 13.0 Å². The standard InChI is InChI=1S/C13H17F2NO2/c14-13(15)9-17-6-5-16-12-8-18-7-10-3-1-2-4-11(10)12/h1-4,12-13,16H,5-9H2. The molecule has 100 valence electrons. The Morgan fingerprint density at radius 3 is 3.06 bits per heavy atom. The second-order valence-electron chi connectivity index (χ2n) is 4.19. The molecule has 5 heteroatoms. The third-order valence-electron chi connectivity index (χ3n) is 2.85. The summed E-state index contributed by atoms with van der Waals surface area (Å²) in [6.45, 7) is 1.56. The van der Waals surface area contributed by atoms with Crippen molar-refractivity contribution in [1.29, 1.82) is 0 Å². The lowest BCUT2D eigenvalue weighted by atomic mass is 9.99. The number of halogens is 2. The van der Waals surface area contributed by atoms with Crippen molar-refractivity contribution in [1.82, 2.24) is 5.32 Å². The van der Waals surface area contributed by atoms with Crippen LogP contribution in [0.5, 0.6) is 0 Å². The quantitative estimate of drug-likeness (QED) is 0.792. The highest BCUT2D eigenvalue weighted by Gasteiger charge is 2.19. The second kappa shape index (κ2) is 6.78. The van der Waals surface area contributed by atoms with E-state index >= 15 is 0 Å². The lowest BCUT2D eigenvalue weighted by Crippen LogP contribution is -2.32. The summed E-state index contributed by atoms with van der Waals surface area (Å²) in [6.07, 6.45) is -2.40. The van der Waals surface area contributed by atoms with E-state index in [1.165, 1.54) is 11.1 Å². The largest absolute Gasteiger partial charge is 0.375 e. The summed E-state index contributed by atoms with van der Waals surface area (Å²) in [5.41, 5.74) is 2.40. The zero-order valence-electron chi connectivity index (χ0n) is 10.1. The molecule has 1 heterocycles. The number of hydrogen-bond acceptors (Lipinski definition) is 3. The van der Waals surface area contributed by atoms with Gasteiger partial charge in [0, 0.05) is 6.54 Å². The third kappa shape index (κ3) is 3.73. The van der Waals surface area contributed by atoms with Gasteiger partial charge in [-0.15, -0.1) is 0 Å². The number of benzene rings is 1. The Morgan fingerprint density at radius 1 is 1.39 bits per heavy atom. The van der Waals surface area contributed by atoms with E-state index in [0.29, 0.717) is 19.8 Å². The molecule has 0 aromatic heterocycles. The van der Waals surface area contributed by atoms with Crippen molar-refractivity contribution in [3.05, 3.63) is 35.4 Å². The van der Waals surface area contributed by atoms with Crippen LogP contribution in [0.25, 0.3) is 0 Å². The zero-order chi connectivity index (χ0) is 12.8. The summed E-state index contributed by atoms with van der Waals surface area (Å²) in [7, 11) is 0. The van der Waals surface area contributed by atoms with Crippen molar-refractivity contribution in [3.63, 3.8) is 0 Å². The van der Waals surface area contributed by atoms with Gasteiger partial charge in [0.25, 0.3) is 6.43 Å². The highest BCUT2D eigenvalue weighted by atomic mass is 19.3. The van der Waals surface area contributed by atoms with E-state index in [9.17, 15) is 8.78 Å². The fourth-order valence-electron chi connectivity index (χ4n) is 2.03. The van der Waals surface area contributed by atoms with Gasteiger partial charge in [-0.3, -0.25) is 0 Å². The second-order valence-corrected chi connectivity index (χ2v) is 4.19. The van der Waals surface area contributed by atoms with E-state index in [2.05, 4.69) is 11.4 Å².